The van der Waals surface area contributed by atoms with Crippen LogP contribution in [-0.2, 0) is 4.79 Å². The number of anilines is 2. The van der Waals surface area contributed by atoms with Crippen LogP contribution in [0.4, 0.5) is 15.8 Å². The summed E-state index contributed by atoms with van der Waals surface area (Å²) in [6.45, 7) is 1.41. The normalized spacial score (nSPS) is 16.5. The van der Waals surface area contributed by atoms with Crippen LogP contribution in [0.25, 0.3) is 6.08 Å². The van der Waals surface area contributed by atoms with Gasteiger partial charge in [0.15, 0.2) is 0 Å². The molecule has 2 aromatic rings. The molecule has 138 valence electrons. The van der Waals surface area contributed by atoms with Crippen molar-refractivity contribution in [1.29, 1.82) is 0 Å². The van der Waals surface area contributed by atoms with Crippen LogP contribution in [0.2, 0.25) is 0 Å². The number of hydrogen-bond donors (Lipinski definition) is 2. The van der Waals surface area contributed by atoms with E-state index >= 15 is 0 Å². The summed E-state index contributed by atoms with van der Waals surface area (Å²) < 4.78 is 13.0. The van der Waals surface area contributed by atoms with E-state index in [9.17, 15) is 9.18 Å². The number of nitrogens with zero attached hydrogens (tertiary/aromatic N) is 2. The molecule has 0 spiro atoms. The second-order valence-electron chi connectivity index (χ2n) is 6.19. The van der Waals surface area contributed by atoms with Gasteiger partial charge in [0.05, 0.1) is 17.9 Å². The molecular formula is C21H21FN4O. The molecule has 3 N–H and O–H groups in total. The summed E-state index contributed by atoms with van der Waals surface area (Å²) in [5, 5.41) is 8.92. The highest BCUT2D eigenvalue weighted by Crippen LogP contribution is 2.19. The van der Waals surface area contributed by atoms with Gasteiger partial charge in [-0.15, -0.1) is 0 Å². The molecule has 1 heterocycles. The number of hydrogen-bond acceptors (Lipinski definition) is 4. The Hall–Kier alpha value is -3.41. The van der Waals surface area contributed by atoms with E-state index in [4.69, 9.17) is 5.73 Å². The molecule has 0 radical (unpaired) electrons. The van der Waals surface area contributed by atoms with Crippen molar-refractivity contribution in [2.24, 2.45) is 11.0 Å². The van der Waals surface area contributed by atoms with E-state index in [1.807, 2.05) is 41.6 Å². The Bertz CT molecular complexity index is 877. The van der Waals surface area contributed by atoms with Crippen LogP contribution in [-0.4, -0.2) is 30.2 Å². The minimum Gasteiger partial charge on any atom is -0.397 e. The average molecular weight is 364 g/mol. The number of nitrogens with one attached hydrogen (secondary N) is 1. The number of carbonyl (C=O) groups is 1. The molecule has 1 aliphatic rings. The highest BCUT2D eigenvalue weighted by Gasteiger charge is 2.14. The molecule has 5 nitrogen and oxygen atoms in total. The standard InChI is InChI=1S/C21H21FN4O/c22-18-9-10-20(19(23)13-18)25-21(27)11-8-17-14-24-26(15-17)12-4-7-16-5-2-1-3-6-16/h1-11,13-14,17H,12,15,23H2,(H,25,27)/b7-4+,11-8+. The van der Waals surface area contributed by atoms with Gasteiger partial charge in [0, 0.05) is 18.7 Å². The Morgan fingerprint density at radius 1 is 1.30 bits per heavy atom. The van der Waals surface area contributed by atoms with Crippen LogP contribution in [0.3, 0.4) is 0 Å². The average Bonchev–Trinajstić information content (AvgIpc) is 3.11. The largest absolute Gasteiger partial charge is 0.397 e. The first-order chi connectivity index (χ1) is 13.1. The maximum Gasteiger partial charge on any atom is 0.248 e. The third-order valence-corrected chi connectivity index (χ3v) is 4.04. The number of amides is 1. The minimum absolute atomic E-state index is 0.0615. The van der Waals surface area contributed by atoms with E-state index in [1.165, 1.54) is 24.3 Å². The predicted octanol–water partition coefficient (Wildman–Crippen LogP) is 3.53. The molecule has 0 saturated carbocycles. The second kappa shape index (κ2) is 8.80. The molecule has 6 heteroatoms. The first kappa shape index (κ1) is 18.4. The van der Waals surface area contributed by atoms with Gasteiger partial charge in [0.1, 0.15) is 5.82 Å². The quantitative estimate of drug-likeness (QED) is 0.608. The molecule has 1 atom stereocenters. The molecule has 2 aromatic carbocycles. The first-order valence-electron chi connectivity index (χ1n) is 8.65. The lowest BCUT2D eigenvalue weighted by Crippen LogP contribution is -2.18. The van der Waals surface area contributed by atoms with Crippen molar-refractivity contribution in [3.05, 3.63) is 78.1 Å². The zero-order chi connectivity index (χ0) is 19.1. The monoisotopic (exact) mass is 364 g/mol. The smallest absolute Gasteiger partial charge is 0.248 e. The van der Waals surface area contributed by atoms with Gasteiger partial charge in [0.25, 0.3) is 0 Å². The van der Waals surface area contributed by atoms with Crippen molar-refractivity contribution in [1.82, 2.24) is 5.01 Å². The number of nitrogens with two attached hydrogens (primary N) is 1. The Balaban J connectivity index is 1.45. The van der Waals surface area contributed by atoms with Crippen molar-refractivity contribution in [3.63, 3.8) is 0 Å². The maximum absolute atomic E-state index is 13.0. The number of nitrogen functional groups attached to an aromatic ring is 1. The molecule has 0 bridgehead atoms. The number of carbonyl (C=O) groups excluding carboxylic acids is 1. The fourth-order valence-corrected chi connectivity index (χ4v) is 2.66. The molecule has 0 aromatic heterocycles. The Morgan fingerprint density at radius 3 is 2.89 bits per heavy atom. The maximum atomic E-state index is 13.0. The van der Waals surface area contributed by atoms with Crippen molar-refractivity contribution >= 4 is 29.6 Å². The molecule has 0 saturated heterocycles. The van der Waals surface area contributed by atoms with Gasteiger partial charge in [-0.2, -0.15) is 5.10 Å². The van der Waals surface area contributed by atoms with Gasteiger partial charge in [0.2, 0.25) is 5.91 Å². The van der Waals surface area contributed by atoms with Gasteiger partial charge >= 0.3 is 0 Å². The van der Waals surface area contributed by atoms with Gasteiger partial charge in [-0.05, 0) is 29.8 Å². The molecule has 27 heavy (non-hydrogen) atoms. The predicted molar refractivity (Wildman–Crippen MR) is 108 cm³/mol. The zero-order valence-electron chi connectivity index (χ0n) is 14.8. The van der Waals surface area contributed by atoms with E-state index in [-0.39, 0.29) is 17.5 Å². The van der Waals surface area contributed by atoms with Crippen LogP contribution in [0.5, 0.6) is 0 Å². The number of halogens is 1. The minimum atomic E-state index is -0.440. The Kier molecular flexibility index (Phi) is 5.99. The summed E-state index contributed by atoms with van der Waals surface area (Å²) in [4.78, 5) is 12.0. The van der Waals surface area contributed by atoms with Crippen molar-refractivity contribution < 1.29 is 9.18 Å². The molecule has 3 rings (SSSR count). The van der Waals surface area contributed by atoms with Crippen LogP contribution < -0.4 is 11.1 Å². The fourth-order valence-electron chi connectivity index (χ4n) is 2.66. The zero-order valence-corrected chi connectivity index (χ0v) is 14.8. The van der Waals surface area contributed by atoms with Crippen LogP contribution in [0.15, 0.2) is 71.9 Å². The third-order valence-electron chi connectivity index (χ3n) is 4.04. The van der Waals surface area contributed by atoms with E-state index in [2.05, 4.69) is 22.6 Å². The Morgan fingerprint density at radius 2 is 2.11 bits per heavy atom. The van der Waals surface area contributed by atoms with Gasteiger partial charge in [-0.3, -0.25) is 9.80 Å². The van der Waals surface area contributed by atoms with Gasteiger partial charge < -0.3 is 11.1 Å². The summed E-state index contributed by atoms with van der Waals surface area (Å²) in [6, 6.07) is 13.9. The summed E-state index contributed by atoms with van der Waals surface area (Å²) in [7, 11) is 0. The molecule has 1 aliphatic heterocycles. The summed E-state index contributed by atoms with van der Waals surface area (Å²) in [5.74, 6) is -0.694. The number of rotatable bonds is 6. The van der Waals surface area contributed by atoms with E-state index in [0.29, 0.717) is 18.8 Å². The summed E-state index contributed by atoms with van der Waals surface area (Å²) in [5.41, 5.74) is 7.41. The lowest BCUT2D eigenvalue weighted by Gasteiger charge is -2.12. The van der Waals surface area contributed by atoms with E-state index in [0.717, 1.165) is 5.56 Å². The Labute approximate surface area is 157 Å². The van der Waals surface area contributed by atoms with Crippen molar-refractivity contribution in [3.8, 4) is 0 Å². The van der Waals surface area contributed by atoms with E-state index < -0.39 is 5.82 Å². The molecule has 0 aliphatic carbocycles. The van der Waals surface area contributed by atoms with Gasteiger partial charge in [-0.25, -0.2) is 4.39 Å². The van der Waals surface area contributed by atoms with Gasteiger partial charge in [-0.1, -0.05) is 48.6 Å². The van der Waals surface area contributed by atoms with E-state index in [1.54, 1.807) is 6.08 Å². The highest BCUT2D eigenvalue weighted by molar-refractivity contribution is 6.01. The molecule has 0 fully saturated rings. The van der Waals surface area contributed by atoms with Crippen LogP contribution >= 0.6 is 0 Å². The summed E-state index contributed by atoms with van der Waals surface area (Å²) in [6.07, 6.45) is 9.16. The SMILES string of the molecule is Nc1cc(F)ccc1NC(=O)/C=C/C1C=NN(C/C=C/c2ccccc2)C1. The number of benzene rings is 2. The lowest BCUT2D eigenvalue weighted by molar-refractivity contribution is -0.111. The number of hydrazone groups is 1. The molecule has 1 amide bonds. The second-order valence-corrected chi connectivity index (χ2v) is 6.19. The van der Waals surface area contributed by atoms with Crippen LogP contribution in [0.1, 0.15) is 5.56 Å². The lowest BCUT2D eigenvalue weighted by atomic mass is 10.1. The molecular weight excluding hydrogens is 343 g/mol. The first-order valence-corrected chi connectivity index (χ1v) is 8.65. The van der Waals surface area contributed by atoms with Crippen molar-refractivity contribution in [2.45, 2.75) is 0 Å². The highest BCUT2D eigenvalue weighted by atomic mass is 19.1. The van der Waals surface area contributed by atoms with Crippen LogP contribution in [0, 0.1) is 11.7 Å². The summed E-state index contributed by atoms with van der Waals surface area (Å²) >= 11 is 0. The molecule has 1 unspecified atom stereocenters. The third kappa shape index (κ3) is 5.54. The van der Waals surface area contributed by atoms with Crippen molar-refractivity contribution in [2.75, 3.05) is 24.1 Å². The topological polar surface area (TPSA) is 70.7 Å². The fraction of sp³-hybridized carbons (Fsp3) is 0.143.